The van der Waals surface area contributed by atoms with Crippen molar-refractivity contribution >= 4 is 11.5 Å². The van der Waals surface area contributed by atoms with Gasteiger partial charge in [0.05, 0.1) is 5.69 Å². The van der Waals surface area contributed by atoms with Crippen LogP contribution in [0.3, 0.4) is 0 Å². The van der Waals surface area contributed by atoms with Crippen molar-refractivity contribution in [3.63, 3.8) is 0 Å². The summed E-state index contributed by atoms with van der Waals surface area (Å²) in [5.41, 5.74) is 7.97. The Morgan fingerprint density at radius 3 is 2.30 bits per heavy atom. The fourth-order valence-corrected chi connectivity index (χ4v) is 1.64. The summed E-state index contributed by atoms with van der Waals surface area (Å²) in [6, 6.07) is 0.0740. The SMILES string of the molecule is Cc1snc(C(C)N)c1C. The first kappa shape index (κ1) is 7.69. The second-order valence-electron chi connectivity index (χ2n) is 2.54. The van der Waals surface area contributed by atoms with Crippen LogP contribution in [0.4, 0.5) is 0 Å². The number of nitrogens with two attached hydrogens (primary N) is 1. The molecule has 2 N–H and O–H groups in total. The molecule has 1 aromatic rings. The molecule has 1 unspecified atom stereocenters. The van der Waals surface area contributed by atoms with Gasteiger partial charge in [-0.05, 0) is 37.9 Å². The molecule has 1 aromatic heterocycles. The van der Waals surface area contributed by atoms with E-state index in [1.807, 2.05) is 6.92 Å². The number of aryl methyl sites for hydroxylation is 1. The normalized spacial score (nSPS) is 13.6. The third kappa shape index (κ3) is 1.20. The van der Waals surface area contributed by atoms with Crippen LogP contribution in [0.15, 0.2) is 0 Å². The Kier molecular flexibility index (Phi) is 2.06. The van der Waals surface area contributed by atoms with Crippen LogP contribution in [0.5, 0.6) is 0 Å². The molecule has 0 fully saturated rings. The van der Waals surface area contributed by atoms with E-state index in [9.17, 15) is 0 Å². The first-order chi connectivity index (χ1) is 4.63. The second kappa shape index (κ2) is 2.68. The van der Waals surface area contributed by atoms with E-state index in [1.54, 1.807) is 0 Å². The first-order valence-corrected chi connectivity index (χ1v) is 4.08. The highest BCUT2D eigenvalue weighted by Gasteiger charge is 2.08. The van der Waals surface area contributed by atoms with E-state index in [0.717, 1.165) is 5.69 Å². The lowest BCUT2D eigenvalue weighted by Gasteiger charge is -2.00. The van der Waals surface area contributed by atoms with Crippen molar-refractivity contribution in [1.29, 1.82) is 0 Å². The zero-order valence-electron chi connectivity index (χ0n) is 6.51. The highest BCUT2D eigenvalue weighted by atomic mass is 32.1. The summed E-state index contributed by atoms with van der Waals surface area (Å²) in [5, 5.41) is 0. The molecule has 1 heterocycles. The average Bonchev–Trinajstić information content (AvgIpc) is 2.14. The van der Waals surface area contributed by atoms with Crippen molar-refractivity contribution in [1.82, 2.24) is 4.37 Å². The zero-order valence-corrected chi connectivity index (χ0v) is 7.33. The molecule has 56 valence electrons. The van der Waals surface area contributed by atoms with E-state index < -0.39 is 0 Å². The third-order valence-electron chi connectivity index (χ3n) is 1.62. The first-order valence-electron chi connectivity index (χ1n) is 3.31. The number of hydrogen-bond acceptors (Lipinski definition) is 3. The Labute approximate surface area is 65.2 Å². The van der Waals surface area contributed by atoms with Crippen LogP contribution in [0, 0.1) is 13.8 Å². The van der Waals surface area contributed by atoms with Gasteiger partial charge in [0.25, 0.3) is 0 Å². The van der Waals surface area contributed by atoms with Crippen molar-refractivity contribution in [3.05, 3.63) is 16.1 Å². The Morgan fingerprint density at radius 1 is 1.50 bits per heavy atom. The number of nitrogens with zero attached hydrogens (tertiary/aromatic N) is 1. The summed E-state index contributed by atoms with van der Waals surface area (Å²) in [7, 11) is 0. The highest BCUT2D eigenvalue weighted by molar-refractivity contribution is 7.05. The fourth-order valence-electron chi connectivity index (χ4n) is 0.860. The van der Waals surface area contributed by atoms with E-state index in [0.29, 0.717) is 0 Å². The van der Waals surface area contributed by atoms with Crippen LogP contribution in [0.2, 0.25) is 0 Å². The van der Waals surface area contributed by atoms with Crippen LogP contribution in [-0.2, 0) is 0 Å². The maximum Gasteiger partial charge on any atom is 0.0738 e. The van der Waals surface area contributed by atoms with Gasteiger partial charge in [0, 0.05) is 10.9 Å². The molecule has 0 bridgehead atoms. The van der Waals surface area contributed by atoms with E-state index in [2.05, 4.69) is 18.2 Å². The van der Waals surface area contributed by atoms with Crippen LogP contribution in [0.1, 0.15) is 29.1 Å². The minimum Gasteiger partial charge on any atom is -0.323 e. The van der Waals surface area contributed by atoms with E-state index in [1.165, 1.54) is 22.0 Å². The molecule has 10 heavy (non-hydrogen) atoms. The fraction of sp³-hybridized carbons (Fsp3) is 0.571. The molecule has 0 saturated carbocycles. The lowest BCUT2D eigenvalue weighted by atomic mass is 10.1. The molecular formula is C7H12N2S. The molecule has 1 atom stereocenters. The van der Waals surface area contributed by atoms with Gasteiger partial charge in [-0.15, -0.1) is 0 Å². The second-order valence-corrected chi connectivity index (χ2v) is 3.52. The van der Waals surface area contributed by atoms with Gasteiger partial charge in [-0.2, -0.15) is 4.37 Å². The number of aromatic nitrogens is 1. The molecule has 0 aliphatic heterocycles. The van der Waals surface area contributed by atoms with E-state index >= 15 is 0 Å². The molecule has 0 aromatic carbocycles. The Hall–Kier alpha value is -0.410. The summed E-state index contributed by atoms with van der Waals surface area (Å²) in [6.45, 7) is 6.10. The summed E-state index contributed by atoms with van der Waals surface area (Å²) in [4.78, 5) is 1.27. The molecule has 0 radical (unpaired) electrons. The number of hydrogen-bond donors (Lipinski definition) is 1. The number of rotatable bonds is 1. The quantitative estimate of drug-likeness (QED) is 0.673. The summed E-state index contributed by atoms with van der Waals surface area (Å²) >= 11 is 1.53. The zero-order chi connectivity index (χ0) is 7.72. The molecule has 0 spiro atoms. The summed E-state index contributed by atoms with van der Waals surface area (Å²) in [5.74, 6) is 0. The third-order valence-corrected chi connectivity index (χ3v) is 2.49. The average molecular weight is 156 g/mol. The van der Waals surface area contributed by atoms with Gasteiger partial charge in [-0.3, -0.25) is 0 Å². The molecule has 1 rings (SSSR count). The summed E-state index contributed by atoms with van der Waals surface area (Å²) < 4.78 is 4.23. The molecule has 3 heteroatoms. The van der Waals surface area contributed by atoms with E-state index in [4.69, 9.17) is 5.73 Å². The molecule has 0 amide bonds. The van der Waals surface area contributed by atoms with Gasteiger partial charge in [0.1, 0.15) is 0 Å². The maximum atomic E-state index is 5.67. The van der Waals surface area contributed by atoms with Gasteiger partial charge in [0.2, 0.25) is 0 Å². The van der Waals surface area contributed by atoms with Gasteiger partial charge in [-0.25, -0.2) is 0 Å². The predicted octanol–water partition coefficient (Wildman–Crippen LogP) is 1.78. The summed E-state index contributed by atoms with van der Waals surface area (Å²) in [6.07, 6.45) is 0. The molecule has 0 aliphatic carbocycles. The molecule has 2 nitrogen and oxygen atoms in total. The van der Waals surface area contributed by atoms with Gasteiger partial charge >= 0.3 is 0 Å². The predicted molar refractivity (Wildman–Crippen MR) is 44.2 cm³/mol. The van der Waals surface area contributed by atoms with Crippen molar-refractivity contribution < 1.29 is 0 Å². The Morgan fingerprint density at radius 2 is 2.10 bits per heavy atom. The van der Waals surface area contributed by atoms with E-state index in [-0.39, 0.29) is 6.04 Å². The molecular weight excluding hydrogens is 144 g/mol. The topological polar surface area (TPSA) is 38.9 Å². The lowest BCUT2D eigenvalue weighted by Crippen LogP contribution is -2.06. The highest BCUT2D eigenvalue weighted by Crippen LogP contribution is 2.20. The van der Waals surface area contributed by atoms with Gasteiger partial charge < -0.3 is 5.73 Å². The minimum atomic E-state index is 0.0740. The van der Waals surface area contributed by atoms with Crippen LogP contribution >= 0.6 is 11.5 Å². The van der Waals surface area contributed by atoms with Crippen molar-refractivity contribution in [2.24, 2.45) is 5.73 Å². The van der Waals surface area contributed by atoms with Crippen LogP contribution in [0.25, 0.3) is 0 Å². The smallest absolute Gasteiger partial charge is 0.0738 e. The Bertz CT molecular complexity index is 228. The van der Waals surface area contributed by atoms with Gasteiger partial charge in [-0.1, -0.05) is 0 Å². The van der Waals surface area contributed by atoms with Crippen molar-refractivity contribution in [3.8, 4) is 0 Å². The monoisotopic (exact) mass is 156 g/mol. The van der Waals surface area contributed by atoms with Crippen molar-refractivity contribution in [2.75, 3.05) is 0 Å². The Balaban J connectivity index is 3.05. The lowest BCUT2D eigenvalue weighted by molar-refractivity contribution is 0.787. The molecule has 0 aliphatic rings. The standard InChI is InChI=1S/C7H12N2S/c1-4-6(3)10-9-7(4)5(2)8/h5H,8H2,1-3H3. The molecule has 0 saturated heterocycles. The minimum absolute atomic E-state index is 0.0740. The van der Waals surface area contributed by atoms with Crippen molar-refractivity contribution in [2.45, 2.75) is 26.8 Å². The van der Waals surface area contributed by atoms with Gasteiger partial charge in [0.15, 0.2) is 0 Å². The largest absolute Gasteiger partial charge is 0.323 e. The van der Waals surface area contributed by atoms with Crippen LogP contribution < -0.4 is 5.73 Å². The van der Waals surface area contributed by atoms with Crippen LogP contribution in [-0.4, -0.2) is 4.37 Å². The maximum absolute atomic E-state index is 5.67.